The molecule has 0 unspecified atom stereocenters. The molecule has 0 spiro atoms. The van der Waals surface area contributed by atoms with Gasteiger partial charge in [-0.1, -0.05) is 17.4 Å². The van der Waals surface area contributed by atoms with E-state index in [4.69, 9.17) is 4.74 Å². The van der Waals surface area contributed by atoms with Crippen LogP contribution in [0.15, 0.2) is 47.5 Å². The Labute approximate surface area is 179 Å². The summed E-state index contributed by atoms with van der Waals surface area (Å²) < 4.78 is 7.23. The van der Waals surface area contributed by atoms with E-state index in [0.29, 0.717) is 15.9 Å². The summed E-state index contributed by atoms with van der Waals surface area (Å²) in [6.45, 7) is 3.10. The SMILES string of the molecule is CCOC(=O)Cn1c(=NC(=O)c2cccc([N+](=O)[O-])c2)sc2cc(NC(C)=O)ccc21. The Morgan fingerprint density at radius 3 is 2.68 bits per heavy atom. The van der Waals surface area contributed by atoms with E-state index in [-0.39, 0.29) is 35.1 Å². The number of hydrogen-bond acceptors (Lipinski definition) is 7. The third-order valence-corrected chi connectivity index (χ3v) is 5.14. The van der Waals surface area contributed by atoms with Crippen LogP contribution in [0.1, 0.15) is 24.2 Å². The fourth-order valence-electron chi connectivity index (χ4n) is 2.83. The number of nitro benzene ring substituents is 1. The smallest absolute Gasteiger partial charge is 0.326 e. The van der Waals surface area contributed by atoms with E-state index in [9.17, 15) is 24.5 Å². The molecule has 2 aromatic carbocycles. The van der Waals surface area contributed by atoms with Crippen LogP contribution in [-0.2, 0) is 20.9 Å². The monoisotopic (exact) mass is 442 g/mol. The molecule has 0 saturated carbocycles. The molecule has 0 aliphatic heterocycles. The predicted octanol–water partition coefficient (Wildman–Crippen LogP) is 2.87. The third kappa shape index (κ3) is 5.20. The highest BCUT2D eigenvalue weighted by molar-refractivity contribution is 7.16. The molecule has 0 bridgehead atoms. The van der Waals surface area contributed by atoms with Gasteiger partial charge >= 0.3 is 5.97 Å². The zero-order chi connectivity index (χ0) is 22.5. The second-order valence-electron chi connectivity index (χ2n) is 6.36. The van der Waals surface area contributed by atoms with E-state index >= 15 is 0 Å². The quantitative estimate of drug-likeness (QED) is 0.355. The predicted molar refractivity (Wildman–Crippen MR) is 114 cm³/mol. The first kappa shape index (κ1) is 21.8. The normalized spacial score (nSPS) is 11.4. The van der Waals surface area contributed by atoms with E-state index in [0.717, 1.165) is 17.4 Å². The molecule has 0 radical (unpaired) electrons. The first-order valence-corrected chi connectivity index (χ1v) is 10.00. The Balaban J connectivity index is 2.10. The Morgan fingerprint density at radius 1 is 1.23 bits per heavy atom. The van der Waals surface area contributed by atoms with Gasteiger partial charge in [0.2, 0.25) is 5.91 Å². The number of nitrogens with one attached hydrogen (secondary N) is 1. The van der Waals surface area contributed by atoms with Crippen molar-refractivity contribution in [3.63, 3.8) is 0 Å². The lowest BCUT2D eigenvalue weighted by atomic mass is 10.2. The number of esters is 1. The van der Waals surface area contributed by atoms with Gasteiger partial charge in [-0.2, -0.15) is 4.99 Å². The van der Waals surface area contributed by atoms with E-state index in [1.165, 1.54) is 29.7 Å². The maximum absolute atomic E-state index is 12.7. The van der Waals surface area contributed by atoms with Crippen LogP contribution < -0.4 is 10.1 Å². The molecule has 0 saturated heterocycles. The fourth-order valence-corrected chi connectivity index (χ4v) is 3.90. The summed E-state index contributed by atoms with van der Waals surface area (Å²) in [6.07, 6.45) is 0. The molecule has 0 fully saturated rings. The zero-order valence-electron chi connectivity index (χ0n) is 16.7. The van der Waals surface area contributed by atoms with Crippen molar-refractivity contribution in [2.75, 3.05) is 11.9 Å². The average Bonchev–Trinajstić information content (AvgIpc) is 3.03. The van der Waals surface area contributed by atoms with E-state index in [2.05, 4.69) is 10.3 Å². The van der Waals surface area contributed by atoms with Crippen LogP contribution in [0.4, 0.5) is 11.4 Å². The lowest BCUT2D eigenvalue weighted by molar-refractivity contribution is -0.384. The molecule has 160 valence electrons. The van der Waals surface area contributed by atoms with Crippen LogP contribution in [0.2, 0.25) is 0 Å². The van der Waals surface area contributed by atoms with Crippen molar-refractivity contribution in [2.45, 2.75) is 20.4 Å². The van der Waals surface area contributed by atoms with Gasteiger partial charge in [-0.05, 0) is 31.2 Å². The molecule has 0 aliphatic rings. The summed E-state index contributed by atoms with van der Waals surface area (Å²) >= 11 is 1.14. The van der Waals surface area contributed by atoms with Gasteiger partial charge in [0.25, 0.3) is 11.6 Å². The minimum atomic E-state index is -0.685. The van der Waals surface area contributed by atoms with Gasteiger partial charge in [0.1, 0.15) is 6.54 Å². The maximum atomic E-state index is 12.7. The Bertz CT molecular complexity index is 1260. The molecule has 1 heterocycles. The topological polar surface area (TPSA) is 133 Å². The van der Waals surface area contributed by atoms with Crippen molar-refractivity contribution in [3.8, 4) is 0 Å². The number of nitrogens with zero attached hydrogens (tertiary/aromatic N) is 3. The number of carbonyl (C=O) groups is 3. The molecule has 11 heteroatoms. The number of nitro groups is 1. The van der Waals surface area contributed by atoms with Gasteiger partial charge in [0.05, 0.1) is 21.7 Å². The van der Waals surface area contributed by atoms with Gasteiger partial charge in [-0.25, -0.2) is 0 Å². The molecule has 3 rings (SSSR count). The van der Waals surface area contributed by atoms with E-state index < -0.39 is 16.8 Å². The second-order valence-corrected chi connectivity index (χ2v) is 7.37. The van der Waals surface area contributed by atoms with E-state index in [1.54, 1.807) is 25.1 Å². The van der Waals surface area contributed by atoms with E-state index in [1.807, 2.05) is 0 Å². The summed E-state index contributed by atoms with van der Waals surface area (Å²) in [5, 5.41) is 13.7. The van der Waals surface area contributed by atoms with Crippen molar-refractivity contribution in [1.29, 1.82) is 0 Å². The van der Waals surface area contributed by atoms with Crippen molar-refractivity contribution in [3.05, 3.63) is 62.9 Å². The summed E-state index contributed by atoms with van der Waals surface area (Å²) in [7, 11) is 0. The number of ether oxygens (including phenoxy) is 1. The number of carbonyl (C=O) groups excluding carboxylic acids is 3. The van der Waals surface area contributed by atoms with Crippen LogP contribution >= 0.6 is 11.3 Å². The van der Waals surface area contributed by atoms with Crippen LogP contribution in [-0.4, -0.2) is 33.9 Å². The number of amides is 2. The number of thiazole rings is 1. The number of anilines is 1. The number of non-ortho nitro benzene ring substituents is 1. The van der Waals surface area contributed by atoms with Crippen molar-refractivity contribution < 1.29 is 24.0 Å². The summed E-state index contributed by atoms with van der Waals surface area (Å²) in [6, 6.07) is 10.3. The van der Waals surface area contributed by atoms with Crippen LogP contribution in [0.25, 0.3) is 10.2 Å². The Morgan fingerprint density at radius 2 is 2.00 bits per heavy atom. The van der Waals surface area contributed by atoms with Gasteiger partial charge in [-0.3, -0.25) is 24.5 Å². The number of fused-ring (bicyclic) bond motifs is 1. The number of aromatic nitrogens is 1. The van der Waals surface area contributed by atoms with Crippen LogP contribution in [0.5, 0.6) is 0 Å². The third-order valence-electron chi connectivity index (χ3n) is 4.10. The average molecular weight is 442 g/mol. The first-order valence-electron chi connectivity index (χ1n) is 9.18. The highest BCUT2D eigenvalue weighted by Gasteiger charge is 2.15. The largest absolute Gasteiger partial charge is 0.465 e. The molecule has 10 nitrogen and oxygen atoms in total. The Kier molecular flexibility index (Phi) is 6.55. The molecule has 1 N–H and O–H groups in total. The summed E-state index contributed by atoms with van der Waals surface area (Å²) in [5.74, 6) is -1.42. The second kappa shape index (κ2) is 9.30. The number of benzene rings is 2. The highest BCUT2D eigenvalue weighted by Crippen LogP contribution is 2.22. The standard InChI is InChI=1S/C20H18N4O6S/c1-3-30-18(26)11-23-16-8-7-14(21-12(2)25)10-17(16)31-20(23)22-19(27)13-5-4-6-15(9-13)24(28)29/h4-10H,3,11H2,1-2H3,(H,21,25). The van der Waals surface area contributed by atoms with Crippen LogP contribution in [0, 0.1) is 10.1 Å². The maximum Gasteiger partial charge on any atom is 0.326 e. The molecule has 3 aromatic rings. The lowest BCUT2D eigenvalue weighted by Gasteiger charge is -2.06. The number of rotatable bonds is 6. The number of hydrogen-bond donors (Lipinski definition) is 1. The first-order chi connectivity index (χ1) is 14.8. The van der Waals surface area contributed by atoms with Crippen molar-refractivity contribution >= 4 is 50.7 Å². The van der Waals surface area contributed by atoms with Gasteiger partial charge < -0.3 is 14.6 Å². The molecule has 31 heavy (non-hydrogen) atoms. The van der Waals surface area contributed by atoms with Crippen LogP contribution in [0.3, 0.4) is 0 Å². The highest BCUT2D eigenvalue weighted by atomic mass is 32.1. The molecule has 0 aliphatic carbocycles. The summed E-state index contributed by atoms with van der Waals surface area (Å²) in [4.78, 5) is 50.8. The molecule has 1 aromatic heterocycles. The molecule has 0 atom stereocenters. The molecule has 2 amide bonds. The Hall–Kier alpha value is -3.86. The molecular weight excluding hydrogens is 424 g/mol. The minimum absolute atomic E-state index is 0.0493. The zero-order valence-corrected chi connectivity index (χ0v) is 17.5. The van der Waals surface area contributed by atoms with Gasteiger partial charge in [0.15, 0.2) is 4.80 Å². The van der Waals surface area contributed by atoms with Gasteiger partial charge in [-0.15, -0.1) is 0 Å². The van der Waals surface area contributed by atoms with Crippen molar-refractivity contribution in [1.82, 2.24) is 4.57 Å². The summed E-state index contributed by atoms with van der Waals surface area (Å²) in [5.41, 5.74) is 1.00. The van der Waals surface area contributed by atoms with Crippen molar-refractivity contribution in [2.24, 2.45) is 4.99 Å². The lowest BCUT2D eigenvalue weighted by Crippen LogP contribution is -2.23. The van der Waals surface area contributed by atoms with Gasteiger partial charge in [0, 0.05) is 30.3 Å². The minimum Gasteiger partial charge on any atom is -0.465 e. The fraction of sp³-hybridized carbons (Fsp3) is 0.200. The molecular formula is C20H18N4O6S.